The molecule has 0 N–H and O–H groups in total. The van der Waals surface area contributed by atoms with E-state index in [0.717, 1.165) is 0 Å². The van der Waals surface area contributed by atoms with Crippen LogP contribution in [0.25, 0.3) is 5.57 Å². The van der Waals surface area contributed by atoms with Crippen LogP contribution in [0.3, 0.4) is 0 Å². The van der Waals surface area contributed by atoms with Crippen molar-refractivity contribution in [1.82, 2.24) is 4.57 Å². The third kappa shape index (κ3) is 2.30. The van der Waals surface area contributed by atoms with Crippen molar-refractivity contribution in [3.05, 3.63) is 99.4 Å². The minimum Gasteiger partial charge on any atom is -0.351 e. The van der Waals surface area contributed by atoms with Crippen LogP contribution in [0.4, 0.5) is 0 Å². The Bertz CT molecular complexity index is 1010. The predicted molar refractivity (Wildman–Crippen MR) is 111 cm³/mol. The minimum absolute atomic E-state index is 0.0979. The zero-order chi connectivity index (χ0) is 18.6. The second kappa shape index (κ2) is 5.74. The summed E-state index contributed by atoms with van der Waals surface area (Å²) in [5, 5.41) is 0. The first kappa shape index (κ1) is 16.9. The number of rotatable bonds is 2. The lowest BCUT2D eigenvalue weighted by Crippen LogP contribution is -2.20. The van der Waals surface area contributed by atoms with Crippen LogP contribution >= 0.6 is 0 Å². The summed E-state index contributed by atoms with van der Waals surface area (Å²) in [6, 6.07) is 18.0. The largest absolute Gasteiger partial charge is 0.351 e. The van der Waals surface area contributed by atoms with E-state index in [1.807, 2.05) is 0 Å². The fourth-order valence-electron chi connectivity index (χ4n) is 4.44. The maximum Gasteiger partial charge on any atom is 0.0386 e. The standard InChI is InChI=1S/C25H27N/c1-16-7-11-20(12-8-16)22-15-25(5,21-13-9-17(2)10-14-21)24-19(4)26(6)18(3)23(22)24/h7-15H,1-6H3. The van der Waals surface area contributed by atoms with E-state index >= 15 is 0 Å². The van der Waals surface area contributed by atoms with Crippen molar-refractivity contribution in [2.75, 3.05) is 0 Å². The zero-order valence-corrected chi connectivity index (χ0v) is 16.6. The SMILES string of the molecule is Cc1ccc(C2=CC(C)(c3ccc(C)cc3)c3c2c(C)n(C)c3C)cc1. The summed E-state index contributed by atoms with van der Waals surface area (Å²) in [6.07, 6.45) is 2.48. The molecule has 1 aliphatic rings. The van der Waals surface area contributed by atoms with Gasteiger partial charge < -0.3 is 4.57 Å². The first-order valence-corrected chi connectivity index (χ1v) is 9.36. The fraction of sp³-hybridized carbons (Fsp3) is 0.280. The van der Waals surface area contributed by atoms with Crippen molar-refractivity contribution in [3.63, 3.8) is 0 Å². The normalized spacial score (nSPS) is 18.8. The van der Waals surface area contributed by atoms with Crippen molar-refractivity contribution < 1.29 is 0 Å². The van der Waals surface area contributed by atoms with Gasteiger partial charge in [-0.3, -0.25) is 0 Å². The summed E-state index contributed by atoms with van der Waals surface area (Å²) in [7, 11) is 2.19. The number of fused-ring (bicyclic) bond motifs is 1. The van der Waals surface area contributed by atoms with Gasteiger partial charge in [0, 0.05) is 29.4 Å². The van der Waals surface area contributed by atoms with Gasteiger partial charge in [0.25, 0.3) is 0 Å². The molecule has 1 nitrogen and oxygen atoms in total. The number of aromatic nitrogens is 1. The van der Waals surface area contributed by atoms with Crippen LogP contribution in [0.5, 0.6) is 0 Å². The van der Waals surface area contributed by atoms with Crippen LogP contribution in [0.1, 0.15) is 51.7 Å². The highest BCUT2D eigenvalue weighted by Gasteiger charge is 2.40. The van der Waals surface area contributed by atoms with E-state index < -0.39 is 0 Å². The number of benzene rings is 2. The second-order valence-corrected chi connectivity index (χ2v) is 7.97. The molecule has 1 unspecified atom stereocenters. The van der Waals surface area contributed by atoms with Gasteiger partial charge in [-0.25, -0.2) is 0 Å². The molecule has 26 heavy (non-hydrogen) atoms. The molecule has 0 bridgehead atoms. The summed E-state index contributed by atoms with van der Waals surface area (Å²) >= 11 is 0. The molecular formula is C25H27N. The molecule has 2 aromatic carbocycles. The molecule has 0 radical (unpaired) electrons. The summed E-state index contributed by atoms with van der Waals surface area (Å²) in [5.41, 5.74) is 12.1. The molecule has 4 rings (SSSR count). The Labute approximate surface area is 157 Å². The van der Waals surface area contributed by atoms with Gasteiger partial charge in [0.05, 0.1) is 0 Å². The molecule has 0 saturated carbocycles. The van der Waals surface area contributed by atoms with Crippen molar-refractivity contribution >= 4 is 5.57 Å². The van der Waals surface area contributed by atoms with Gasteiger partial charge in [-0.1, -0.05) is 65.7 Å². The summed E-state index contributed by atoms with van der Waals surface area (Å²) in [6.45, 7) is 11.2. The fourth-order valence-corrected chi connectivity index (χ4v) is 4.44. The first-order chi connectivity index (χ1) is 12.3. The second-order valence-electron chi connectivity index (χ2n) is 7.97. The summed E-state index contributed by atoms with van der Waals surface area (Å²) < 4.78 is 2.35. The first-order valence-electron chi connectivity index (χ1n) is 9.36. The average Bonchev–Trinajstić information content (AvgIpc) is 3.06. The molecule has 0 amide bonds. The molecule has 1 heteroatoms. The number of nitrogens with zero attached hydrogens (tertiary/aromatic N) is 1. The lowest BCUT2D eigenvalue weighted by atomic mass is 9.78. The Hall–Kier alpha value is -2.54. The number of hydrogen-bond acceptors (Lipinski definition) is 0. The highest BCUT2D eigenvalue weighted by atomic mass is 15.0. The van der Waals surface area contributed by atoms with E-state index in [0.29, 0.717) is 0 Å². The topological polar surface area (TPSA) is 4.93 Å². The van der Waals surface area contributed by atoms with Crippen LogP contribution in [-0.2, 0) is 12.5 Å². The third-order valence-electron chi connectivity index (χ3n) is 6.22. The molecule has 0 fully saturated rings. The van der Waals surface area contributed by atoms with E-state index in [1.54, 1.807) is 0 Å². The van der Waals surface area contributed by atoms with E-state index in [1.165, 1.54) is 50.3 Å². The molecule has 0 spiro atoms. The Balaban J connectivity index is 2.01. The lowest BCUT2D eigenvalue weighted by molar-refractivity contribution is 0.717. The van der Waals surface area contributed by atoms with E-state index in [-0.39, 0.29) is 5.41 Å². The summed E-state index contributed by atoms with van der Waals surface area (Å²) in [4.78, 5) is 0. The molecule has 132 valence electrons. The third-order valence-corrected chi connectivity index (χ3v) is 6.22. The molecule has 0 aliphatic heterocycles. The van der Waals surface area contributed by atoms with Gasteiger partial charge >= 0.3 is 0 Å². The van der Waals surface area contributed by atoms with Crippen molar-refractivity contribution in [1.29, 1.82) is 0 Å². The van der Waals surface area contributed by atoms with Gasteiger partial charge in [0.2, 0.25) is 0 Å². The Morgan fingerprint density at radius 2 is 1.27 bits per heavy atom. The van der Waals surface area contributed by atoms with Gasteiger partial charge in [-0.2, -0.15) is 0 Å². The Morgan fingerprint density at radius 3 is 1.85 bits per heavy atom. The predicted octanol–water partition coefficient (Wildman–Crippen LogP) is 6.01. The highest BCUT2D eigenvalue weighted by molar-refractivity contribution is 5.90. The van der Waals surface area contributed by atoms with Gasteiger partial charge in [-0.15, -0.1) is 0 Å². The van der Waals surface area contributed by atoms with Crippen LogP contribution in [-0.4, -0.2) is 4.57 Å². The molecule has 1 aromatic heterocycles. The maximum absolute atomic E-state index is 2.48. The molecule has 0 saturated heterocycles. The summed E-state index contributed by atoms with van der Waals surface area (Å²) in [5.74, 6) is 0. The monoisotopic (exact) mass is 341 g/mol. The molecule has 1 aliphatic carbocycles. The quantitative estimate of drug-likeness (QED) is 0.538. The maximum atomic E-state index is 2.48. The van der Waals surface area contributed by atoms with Gasteiger partial charge in [-0.05, 0) is 56.9 Å². The number of allylic oxidation sites excluding steroid dienone is 1. The Morgan fingerprint density at radius 1 is 0.731 bits per heavy atom. The van der Waals surface area contributed by atoms with Crippen LogP contribution in [0.2, 0.25) is 0 Å². The van der Waals surface area contributed by atoms with Crippen LogP contribution < -0.4 is 0 Å². The zero-order valence-electron chi connectivity index (χ0n) is 16.6. The van der Waals surface area contributed by atoms with Crippen LogP contribution in [0, 0.1) is 27.7 Å². The Kier molecular flexibility index (Phi) is 3.73. The smallest absolute Gasteiger partial charge is 0.0386 e. The van der Waals surface area contributed by atoms with E-state index in [9.17, 15) is 0 Å². The van der Waals surface area contributed by atoms with E-state index in [2.05, 4.69) is 101 Å². The van der Waals surface area contributed by atoms with Gasteiger partial charge in [0.1, 0.15) is 0 Å². The lowest BCUT2D eigenvalue weighted by Gasteiger charge is -2.25. The van der Waals surface area contributed by atoms with Crippen molar-refractivity contribution in [2.45, 2.75) is 40.0 Å². The molecule has 1 heterocycles. The molecule has 3 aromatic rings. The van der Waals surface area contributed by atoms with E-state index in [4.69, 9.17) is 0 Å². The van der Waals surface area contributed by atoms with Crippen LogP contribution in [0.15, 0.2) is 54.6 Å². The van der Waals surface area contributed by atoms with Gasteiger partial charge in [0.15, 0.2) is 0 Å². The van der Waals surface area contributed by atoms with Crippen molar-refractivity contribution in [3.8, 4) is 0 Å². The molecule has 1 atom stereocenters. The highest BCUT2D eigenvalue weighted by Crippen LogP contribution is 2.50. The van der Waals surface area contributed by atoms with Crippen molar-refractivity contribution in [2.24, 2.45) is 7.05 Å². The minimum atomic E-state index is -0.0979. The average molecular weight is 341 g/mol. The number of hydrogen-bond donors (Lipinski definition) is 0. The molecular weight excluding hydrogens is 314 g/mol. The number of aryl methyl sites for hydroxylation is 2.